The fourth-order valence-electron chi connectivity index (χ4n) is 2.43. The highest BCUT2D eigenvalue weighted by Crippen LogP contribution is 2.28. The number of hydrogen-bond donors (Lipinski definition) is 1. The van der Waals surface area contributed by atoms with Gasteiger partial charge in [0.05, 0.1) is 0 Å². The molecule has 0 aromatic carbocycles. The van der Waals surface area contributed by atoms with Gasteiger partial charge in [0.25, 0.3) is 0 Å². The SMILES string of the molecule is CC(=O)OCC(OC(C)=O)[C@H]1OC(O)C[C@H](OC(C)=O)[C@H]1OC(C)=O. The van der Waals surface area contributed by atoms with Crippen LogP contribution in [0.15, 0.2) is 0 Å². The minimum absolute atomic E-state index is 0.144. The molecular weight excluding hydrogens is 340 g/mol. The van der Waals surface area contributed by atoms with E-state index in [0.717, 1.165) is 27.7 Å². The van der Waals surface area contributed by atoms with Crippen molar-refractivity contribution in [3.05, 3.63) is 0 Å². The minimum Gasteiger partial charge on any atom is -0.462 e. The van der Waals surface area contributed by atoms with Crippen LogP contribution >= 0.6 is 0 Å². The molecule has 1 aliphatic heterocycles. The fraction of sp³-hybridized carbons (Fsp3) is 0.733. The topological polar surface area (TPSA) is 135 Å². The average Bonchev–Trinajstić information content (AvgIpc) is 2.44. The van der Waals surface area contributed by atoms with Crippen molar-refractivity contribution in [1.29, 1.82) is 0 Å². The van der Waals surface area contributed by atoms with Crippen LogP contribution in [0.3, 0.4) is 0 Å². The summed E-state index contributed by atoms with van der Waals surface area (Å²) in [5.74, 6) is -2.68. The van der Waals surface area contributed by atoms with Crippen molar-refractivity contribution in [2.45, 2.75) is 64.8 Å². The molecule has 0 radical (unpaired) electrons. The van der Waals surface area contributed by atoms with Crippen molar-refractivity contribution in [3.8, 4) is 0 Å². The van der Waals surface area contributed by atoms with Gasteiger partial charge in [0.1, 0.15) is 18.8 Å². The molecule has 1 N–H and O–H groups in total. The van der Waals surface area contributed by atoms with E-state index in [1.165, 1.54) is 0 Å². The summed E-state index contributed by atoms with van der Waals surface area (Å²) in [6.45, 7) is 4.19. The van der Waals surface area contributed by atoms with Gasteiger partial charge >= 0.3 is 23.9 Å². The molecule has 142 valence electrons. The van der Waals surface area contributed by atoms with E-state index in [2.05, 4.69) is 0 Å². The van der Waals surface area contributed by atoms with Gasteiger partial charge in [-0.05, 0) is 0 Å². The molecule has 10 nitrogen and oxygen atoms in total. The van der Waals surface area contributed by atoms with Crippen molar-refractivity contribution in [1.82, 2.24) is 0 Å². The van der Waals surface area contributed by atoms with Gasteiger partial charge in [-0.25, -0.2) is 0 Å². The maximum atomic E-state index is 11.4. The van der Waals surface area contributed by atoms with Gasteiger partial charge in [0, 0.05) is 34.1 Å². The Hall–Kier alpha value is -2.20. The molecular formula is C15H22O10. The lowest BCUT2D eigenvalue weighted by molar-refractivity contribution is -0.268. The van der Waals surface area contributed by atoms with E-state index >= 15 is 0 Å². The summed E-state index contributed by atoms with van der Waals surface area (Å²) >= 11 is 0. The molecule has 2 unspecified atom stereocenters. The Bertz CT molecular complexity index is 516. The first kappa shape index (κ1) is 20.8. The van der Waals surface area contributed by atoms with Gasteiger partial charge in [0.15, 0.2) is 18.5 Å². The van der Waals surface area contributed by atoms with Gasteiger partial charge in [-0.2, -0.15) is 0 Å². The Morgan fingerprint density at radius 3 is 2.08 bits per heavy atom. The molecule has 0 aliphatic carbocycles. The largest absolute Gasteiger partial charge is 0.462 e. The van der Waals surface area contributed by atoms with Crippen molar-refractivity contribution >= 4 is 23.9 Å². The maximum absolute atomic E-state index is 11.4. The van der Waals surface area contributed by atoms with Crippen molar-refractivity contribution in [2.75, 3.05) is 6.61 Å². The van der Waals surface area contributed by atoms with E-state index in [1.54, 1.807) is 0 Å². The van der Waals surface area contributed by atoms with Crippen LogP contribution in [0.4, 0.5) is 0 Å². The van der Waals surface area contributed by atoms with E-state index in [-0.39, 0.29) is 6.42 Å². The molecule has 1 fully saturated rings. The zero-order valence-electron chi connectivity index (χ0n) is 14.4. The van der Waals surface area contributed by atoms with Crippen LogP contribution in [0.25, 0.3) is 0 Å². The molecule has 0 spiro atoms. The zero-order chi connectivity index (χ0) is 19.1. The first-order valence-electron chi connectivity index (χ1n) is 7.58. The molecule has 0 amide bonds. The molecule has 0 aromatic rings. The van der Waals surface area contributed by atoms with E-state index in [9.17, 15) is 24.3 Å². The Morgan fingerprint density at radius 1 is 1.00 bits per heavy atom. The molecule has 0 bridgehead atoms. The molecule has 25 heavy (non-hydrogen) atoms. The van der Waals surface area contributed by atoms with Gasteiger partial charge < -0.3 is 28.8 Å². The number of rotatable bonds is 6. The molecule has 5 atom stereocenters. The number of aliphatic hydroxyl groups is 1. The minimum atomic E-state index is -1.36. The predicted octanol–water partition coefficient (Wildman–Crippen LogP) is -0.548. The second-order valence-corrected chi connectivity index (χ2v) is 5.46. The highest BCUT2D eigenvalue weighted by Gasteiger charge is 2.47. The first-order valence-corrected chi connectivity index (χ1v) is 7.58. The summed E-state index contributed by atoms with van der Waals surface area (Å²) < 4.78 is 25.5. The van der Waals surface area contributed by atoms with Gasteiger partial charge in [-0.1, -0.05) is 0 Å². The van der Waals surface area contributed by atoms with Crippen LogP contribution in [0.5, 0.6) is 0 Å². The highest BCUT2D eigenvalue weighted by atomic mass is 16.7. The van der Waals surface area contributed by atoms with Crippen LogP contribution in [-0.2, 0) is 42.9 Å². The number of carbonyl (C=O) groups is 4. The standard InChI is InChI=1S/C15H22O10/c1-7(16)21-6-12(23-9(3)18)15-14(24-10(4)19)11(22-8(2)17)5-13(20)25-15/h11-15,20H,5-6H2,1-4H3/t11-,12?,13?,14+,15+/m0/s1. The number of aliphatic hydroxyl groups excluding tert-OH is 1. The molecule has 0 aromatic heterocycles. The molecule has 0 saturated carbocycles. The predicted molar refractivity (Wildman–Crippen MR) is 78.8 cm³/mol. The van der Waals surface area contributed by atoms with E-state index in [1.807, 2.05) is 0 Å². The van der Waals surface area contributed by atoms with Gasteiger partial charge in [0.2, 0.25) is 0 Å². The summed E-state index contributed by atoms with van der Waals surface area (Å²) in [5.41, 5.74) is 0. The highest BCUT2D eigenvalue weighted by molar-refractivity contribution is 5.68. The third-order valence-corrected chi connectivity index (χ3v) is 3.19. The van der Waals surface area contributed by atoms with Crippen molar-refractivity contribution in [3.63, 3.8) is 0 Å². The monoisotopic (exact) mass is 362 g/mol. The second-order valence-electron chi connectivity index (χ2n) is 5.46. The van der Waals surface area contributed by atoms with E-state index in [0.29, 0.717) is 0 Å². The Kier molecular flexibility index (Phi) is 7.78. The number of ether oxygens (including phenoxy) is 5. The molecule has 10 heteroatoms. The fourth-order valence-corrected chi connectivity index (χ4v) is 2.43. The molecule has 1 saturated heterocycles. The van der Waals surface area contributed by atoms with Gasteiger partial charge in [-0.15, -0.1) is 0 Å². The Morgan fingerprint density at radius 2 is 1.60 bits per heavy atom. The van der Waals surface area contributed by atoms with E-state index < -0.39 is 61.2 Å². The summed E-state index contributed by atoms with van der Waals surface area (Å²) in [6.07, 6.45) is -6.08. The van der Waals surface area contributed by atoms with Crippen LogP contribution in [0.2, 0.25) is 0 Å². The van der Waals surface area contributed by atoms with Crippen LogP contribution in [0.1, 0.15) is 34.1 Å². The number of esters is 4. The molecule has 1 heterocycles. The maximum Gasteiger partial charge on any atom is 0.303 e. The third kappa shape index (κ3) is 7.06. The number of carbonyl (C=O) groups excluding carboxylic acids is 4. The second kappa shape index (κ2) is 9.33. The zero-order valence-corrected chi connectivity index (χ0v) is 14.4. The van der Waals surface area contributed by atoms with Crippen LogP contribution in [0, 0.1) is 0 Å². The van der Waals surface area contributed by atoms with Crippen LogP contribution in [-0.4, -0.2) is 66.3 Å². The van der Waals surface area contributed by atoms with Crippen molar-refractivity contribution in [2.24, 2.45) is 0 Å². The Labute approximate surface area is 144 Å². The Balaban J connectivity index is 3.09. The molecule has 1 rings (SSSR count). The summed E-state index contributed by atoms with van der Waals surface area (Å²) in [7, 11) is 0. The van der Waals surface area contributed by atoms with Crippen molar-refractivity contribution < 1.29 is 48.0 Å². The quantitative estimate of drug-likeness (QED) is 0.484. The molecule has 1 aliphatic rings. The summed E-state index contributed by atoms with van der Waals surface area (Å²) in [6, 6.07) is 0. The summed E-state index contributed by atoms with van der Waals surface area (Å²) in [5, 5.41) is 9.87. The smallest absolute Gasteiger partial charge is 0.303 e. The lowest BCUT2D eigenvalue weighted by Gasteiger charge is -2.41. The lowest BCUT2D eigenvalue weighted by Crippen LogP contribution is -2.57. The number of hydrogen-bond acceptors (Lipinski definition) is 10. The van der Waals surface area contributed by atoms with E-state index in [4.69, 9.17) is 23.7 Å². The summed E-state index contributed by atoms with van der Waals surface area (Å²) in [4.78, 5) is 45.1. The first-order chi connectivity index (χ1) is 11.6. The average molecular weight is 362 g/mol. The van der Waals surface area contributed by atoms with Gasteiger partial charge in [-0.3, -0.25) is 19.2 Å². The van der Waals surface area contributed by atoms with Crippen LogP contribution < -0.4 is 0 Å². The third-order valence-electron chi connectivity index (χ3n) is 3.19. The normalized spacial score (nSPS) is 26.9. The lowest BCUT2D eigenvalue weighted by atomic mass is 9.96.